The summed E-state index contributed by atoms with van der Waals surface area (Å²) in [6.07, 6.45) is 13.6. The molecule has 0 bridgehead atoms. The number of hydrogen-bond donors (Lipinski definition) is 3. The zero-order chi connectivity index (χ0) is 27.5. The molecule has 1 aliphatic carbocycles. The number of allylic oxidation sites excluding steroid dienone is 2. The number of hydrogen-bond acceptors (Lipinski definition) is 4. The van der Waals surface area contributed by atoms with Crippen LogP contribution in [0.3, 0.4) is 0 Å². The summed E-state index contributed by atoms with van der Waals surface area (Å²) in [5.74, 6) is -0.352. The van der Waals surface area contributed by atoms with E-state index in [4.69, 9.17) is 10.8 Å². The number of nitrogens with zero attached hydrogens (tertiary/aromatic N) is 3. The minimum atomic E-state index is -0.564. The van der Waals surface area contributed by atoms with Crippen molar-refractivity contribution in [1.29, 1.82) is 10.8 Å². The van der Waals surface area contributed by atoms with Crippen molar-refractivity contribution in [3.63, 3.8) is 0 Å². The van der Waals surface area contributed by atoms with Gasteiger partial charge in [-0.2, -0.15) is 0 Å². The van der Waals surface area contributed by atoms with Gasteiger partial charge < -0.3 is 20.0 Å². The lowest BCUT2D eigenvalue weighted by molar-refractivity contribution is 0.0944. The van der Waals surface area contributed by atoms with Crippen LogP contribution in [0.2, 0.25) is 0 Å². The Hall–Kier alpha value is -3.75. The first-order chi connectivity index (χ1) is 18.8. The summed E-state index contributed by atoms with van der Waals surface area (Å²) in [7, 11) is 0. The molecule has 5 rings (SSSR count). The van der Waals surface area contributed by atoms with E-state index < -0.39 is 17.8 Å². The van der Waals surface area contributed by atoms with Gasteiger partial charge in [-0.1, -0.05) is 18.2 Å². The maximum absolute atomic E-state index is 15.1. The van der Waals surface area contributed by atoms with Crippen molar-refractivity contribution in [2.75, 3.05) is 26.2 Å². The number of halogens is 1. The summed E-state index contributed by atoms with van der Waals surface area (Å²) in [5, 5.41) is 19.8. The summed E-state index contributed by atoms with van der Waals surface area (Å²) in [5.41, 5.74) is 3.10. The molecule has 39 heavy (non-hydrogen) atoms. The van der Waals surface area contributed by atoms with E-state index in [2.05, 4.69) is 5.32 Å². The van der Waals surface area contributed by atoms with Gasteiger partial charge >= 0.3 is 6.03 Å². The zero-order valence-electron chi connectivity index (χ0n) is 22.6. The molecule has 3 amide bonds. The van der Waals surface area contributed by atoms with Crippen LogP contribution < -0.4 is 5.32 Å². The van der Waals surface area contributed by atoms with Crippen LogP contribution in [-0.2, 0) is 13.0 Å². The number of likely N-dealkylation sites (tertiary alicyclic amines) is 2. The van der Waals surface area contributed by atoms with Crippen molar-refractivity contribution in [3.8, 4) is 0 Å². The highest BCUT2D eigenvalue weighted by molar-refractivity contribution is 6.08. The van der Waals surface area contributed by atoms with E-state index in [1.807, 2.05) is 30.1 Å². The van der Waals surface area contributed by atoms with Gasteiger partial charge in [-0.3, -0.25) is 15.6 Å². The van der Waals surface area contributed by atoms with Crippen LogP contribution in [-0.4, -0.2) is 70.5 Å². The van der Waals surface area contributed by atoms with E-state index in [1.54, 1.807) is 21.9 Å². The third-order valence-corrected chi connectivity index (χ3v) is 8.10. The topological polar surface area (TPSA) is 104 Å². The highest BCUT2D eigenvalue weighted by Crippen LogP contribution is 2.25. The quantitative estimate of drug-likeness (QED) is 0.375. The molecule has 1 aromatic carbocycles. The Morgan fingerprint density at radius 1 is 1.00 bits per heavy atom. The molecule has 8 nitrogen and oxygen atoms in total. The number of benzene rings is 1. The van der Waals surface area contributed by atoms with Gasteiger partial charge in [0.15, 0.2) is 0 Å². The summed E-state index contributed by atoms with van der Waals surface area (Å²) in [6, 6.07) is 2.59. The molecule has 208 valence electrons. The molecule has 1 atom stereocenters. The lowest BCUT2D eigenvalue weighted by Gasteiger charge is -2.35. The van der Waals surface area contributed by atoms with E-state index in [0.717, 1.165) is 61.9 Å². The molecule has 3 heterocycles. The molecule has 0 aromatic heterocycles. The summed E-state index contributed by atoms with van der Waals surface area (Å²) in [4.78, 5) is 31.7. The standard InChI is InChI=1S/C30H37FN6O2.H2/c1-20-16-22(28(33)37-14-6-3-10-27(37)32)8-7-9-26(20)34-29(38)24-17-23-19-36(15-11-21(23)18-25(24)31)30(39)35-12-4-2-5-13-35;/h7-9,16-18,26,32-33H,2-6,10-15,19H2,1H3,(H,34,38);1H. The molecule has 2 saturated heterocycles. The summed E-state index contributed by atoms with van der Waals surface area (Å²) in [6.45, 7) is 5.00. The number of carbonyl (C=O) groups excluding carboxylic acids is 2. The Bertz CT molecular complexity index is 1280. The molecule has 0 radical (unpaired) electrons. The first-order valence-electron chi connectivity index (χ1n) is 14.0. The van der Waals surface area contributed by atoms with Gasteiger partial charge in [0.1, 0.15) is 17.5 Å². The number of rotatable bonds is 3. The van der Waals surface area contributed by atoms with Crippen molar-refractivity contribution in [2.24, 2.45) is 0 Å². The van der Waals surface area contributed by atoms with Crippen molar-refractivity contribution in [2.45, 2.75) is 64.5 Å². The second-order valence-corrected chi connectivity index (χ2v) is 10.9. The molecule has 0 spiro atoms. The number of amidine groups is 2. The van der Waals surface area contributed by atoms with Gasteiger partial charge in [-0.25, -0.2) is 9.18 Å². The molecular formula is C30H39FN6O2. The highest BCUT2D eigenvalue weighted by Gasteiger charge is 2.28. The number of urea groups is 1. The van der Waals surface area contributed by atoms with Crippen molar-refractivity contribution >= 4 is 23.6 Å². The third-order valence-electron chi connectivity index (χ3n) is 8.10. The molecule has 1 aromatic rings. The predicted molar refractivity (Wildman–Crippen MR) is 152 cm³/mol. The fourth-order valence-corrected chi connectivity index (χ4v) is 5.77. The van der Waals surface area contributed by atoms with Gasteiger partial charge in [0.2, 0.25) is 0 Å². The largest absolute Gasteiger partial charge is 0.342 e. The number of carbonyl (C=O) groups is 2. The third kappa shape index (κ3) is 5.82. The highest BCUT2D eigenvalue weighted by atomic mass is 19.1. The van der Waals surface area contributed by atoms with Crippen LogP contribution in [0.4, 0.5) is 9.18 Å². The minimum Gasteiger partial charge on any atom is -0.342 e. The van der Waals surface area contributed by atoms with Crippen LogP contribution in [0, 0.1) is 16.6 Å². The Kier molecular flexibility index (Phi) is 7.95. The van der Waals surface area contributed by atoms with Crippen LogP contribution in [0.5, 0.6) is 0 Å². The van der Waals surface area contributed by atoms with Gasteiger partial charge in [-0.15, -0.1) is 0 Å². The lowest BCUT2D eigenvalue weighted by atomic mass is 9.96. The number of amides is 3. The molecule has 4 aliphatic rings. The van der Waals surface area contributed by atoms with Crippen LogP contribution in [0.15, 0.2) is 47.6 Å². The first kappa shape index (κ1) is 26.8. The maximum atomic E-state index is 15.1. The number of nitrogens with one attached hydrogen (secondary N) is 3. The SMILES string of the molecule is CC1=CC(C(=N)N2CCCCC2=N)=CC=CC1NC(=O)c1cc2c(cc1F)CCN(C(=O)N1CCCCC1)C2.[HH]. The van der Waals surface area contributed by atoms with Crippen LogP contribution >= 0.6 is 0 Å². The van der Waals surface area contributed by atoms with Gasteiger partial charge in [0.05, 0.1) is 11.6 Å². The molecule has 1 unspecified atom stereocenters. The van der Waals surface area contributed by atoms with Gasteiger partial charge in [0, 0.05) is 46.1 Å². The van der Waals surface area contributed by atoms with Gasteiger partial charge in [0.25, 0.3) is 5.91 Å². The van der Waals surface area contributed by atoms with Gasteiger partial charge in [-0.05, 0) is 80.4 Å². The molecule has 3 aliphatic heterocycles. The van der Waals surface area contributed by atoms with E-state index in [0.29, 0.717) is 43.9 Å². The molecule has 0 saturated carbocycles. The Balaban J connectivity index is 0.00000370. The Morgan fingerprint density at radius 3 is 2.54 bits per heavy atom. The smallest absolute Gasteiger partial charge is 0.320 e. The van der Waals surface area contributed by atoms with E-state index in [1.165, 1.54) is 6.07 Å². The first-order valence-corrected chi connectivity index (χ1v) is 14.0. The number of piperidine rings is 2. The second kappa shape index (κ2) is 11.6. The Labute approximate surface area is 230 Å². The van der Waals surface area contributed by atoms with E-state index in [-0.39, 0.29) is 18.9 Å². The Morgan fingerprint density at radius 2 is 1.77 bits per heavy atom. The van der Waals surface area contributed by atoms with Crippen molar-refractivity contribution < 1.29 is 15.4 Å². The monoisotopic (exact) mass is 534 g/mol. The molecule has 9 heteroatoms. The normalized spacial score (nSPS) is 21.5. The average Bonchev–Trinajstić information content (AvgIpc) is 3.13. The summed E-state index contributed by atoms with van der Waals surface area (Å²) < 4.78 is 15.1. The fourth-order valence-electron chi connectivity index (χ4n) is 5.77. The lowest BCUT2D eigenvalue weighted by Crippen LogP contribution is -2.47. The second-order valence-electron chi connectivity index (χ2n) is 10.9. The number of fused-ring (bicyclic) bond motifs is 1. The van der Waals surface area contributed by atoms with Crippen LogP contribution in [0.1, 0.15) is 68.4 Å². The minimum absolute atomic E-state index is 0. The van der Waals surface area contributed by atoms with Crippen molar-refractivity contribution in [1.82, 2.24) is 20.0 Å². The average molecular weight is 535 g/mol. The van der Waals surface area contributed by atoms with Crippen LogP contribution in [0.25, 0.3) is 0 Å². The predicted octanol–water partition coefficient (Wildman–Crippen LogP) is 5.02. The molecule has 3 N–H and O–H groups in total. The molecule has 2 fully saturated rings. The van der Waals surface area contributed by atoms with Crippen molar-refractivity contribution in [3.05, 3.63) is 70.1 Å². The van der Waals surface area contributed by atoms with E-state index in [9.17, 15) is 9.59 Å². The summed E-state index contributed by atoms with van der Waals surface area (Å²) >= 11 is 0. The molecular weight excluding hydrogens is 495 g/mol. The fraction of sp³-hybridized carbons (Fsp3) is 0.467. The van der Waals surface area contributed by atoms with E-state index >= 15 is 4.39 Å². The zero-order valence-corrected chi connectivity index (χ0v) is 22.6. The maximum Gasteiger partial charge on any atom is 0.320 e.